The molecule has 1 unspecified atom stereocenters. The monoisotopic (exact) mass is 462 g/mol. The Hall–Kier alpha value is -3.92. The van der Waals surface area contributed by atoms with Gasteiger partial charge in [0.2, 0.25) is 11.0 Å². The van der Waals surface area contributed by atoms with Crippen molar-refractivity contribution in [3.63, 3.8) is 0 Å². The van der Waals surface area contributed by atoms with Crippen molar-refractivity contribution < 1.29 is 14.6 Å². The van der Waals surface area contributed by atoms with E-state index in [0.29, 0.717) is 29.6 Å². The van der Waals surface area contributed by atoms with Gasteiger partial charge < -0.3 is 14.8 Å². The number of hydrazine groups is 1. The lowest BCUT2D eigenvalue weighted by Crippen LogP contribution is -2.38. The van der Waals surface area contributed by atoms with E-state index in [1.54, 1.807) is 18.2 Å². The Kier molecular flexibility index (Phi) is 5.43. The van der Waals surface area contributed by atoms with Gasteiger partial charge in [0, 0.05) is 36.9 Å². The van der Waals surface area contributed by atoms with Gasteiger partial charge in [0.05, 0.1) is 13.2 Å². The Morgan fingerprint density at radius 1 is 1.30 bits per heavy atom. The lowest BCUT2D eigenvalue weighted by Gasteiger charge is -2.22. The molecule has 1 saturated heterocycles. The van der Waals surface area contributed by atoms with Crippen LogP contribution in [-0.4, -0.2) is 44.1 Å². The van der Waals surface area contributed by atoms with Crippen LogP contribution in [0.15, 0.2) is 53.7 Å². The number of benzene rings is 2. The number of aromatic hydroxyl groups is 1. The number of H-pyrrole nitrogens is 1. The number of amidine groups is 1. The zero-order valence-electron chi connectivity index (χ0n) is 18.1. The van der Waals surface area contributed by atoms with Gasteiger partial charge in [0.1, 0.15) is 10.8 Å². The van der Waals surface area contributed by atoms with Crippen LogP contribution in [0.3, 0.4) is 0 Å². The third-order valence-corrected chi connectivity index (χ3v) is 6.40. The second-order valence-electron chi connectivity index (χ2n) is 7.73. The maximum atomic E-state index is 12.2. The molecule has 1 fully saturated rings. The fraction of sp³-hybridized carbons (Fsp3) is 0.217. The number of para-hydroxylation sites is 1. The first-order chi connectivity index (χ1) is 16.0. The number of aromatic nitrogens is 3. The highest BCUT2D eigenvalue weighted by Gasteiger charge is 2.33. The first kappa shape index (κ1) is 21.0. The molecule has 10 heteroatoms. The zero-order valence-corrected chi connectivity index (χ0v) is 18.9. The van der Waals surface area contributed by atoms with Crippen molar-refractivity contribution in [3.05, 3.63) is 64.8 Å². The number of rotatable bonds is 5. The van der Waals surface area contributed by atoms with Crippen molar-refractivity contribution in [2.75, 3.05) is 7.11 Å². The average molecular weight is 463 g/mol. The Labute approximate surface area is 193 Å². The van der Waals surface area contributed by atoms with E-state index in [9.17, 15) is 9.90 Å². The fourth-order valence-electron chi connectivity index (χ4n) is 3.99. The molecule has 33 heavy (non-hydrogen) atoms. The number of aromatic amines is 1. The van der Waals surface area contributed by atoms with Crippen molar-refractivity contribution in [1.82, 2.24) is 25.6 Å². The number of hydrogen-bond acceptors (Lipinski definition) is 7. The molecule has 9 nitrogen and oxygen atoms in total. The van der Waals surface area contributed by atoms with Crippen LogP contribution < -0.4 is 10.2 Å². The minimum Gasteiger partial charge on any atom is -0.504 e. The maximum Gasteiger partial charge on any atom is 0.238 e. The van der Waals surface area contributed by atoms with Crippen LogP contribution >= 0.6 is 11.3 Å². The zero-order chi connectivity index (χ0) is 22.9. The molecule has 168 valence electrons. The van der Waals surface area contributed by atoms with Gasteiger partial charge in [0.15, 0.2) is 11.5 Å². The number of amides is 1. The van der Waals surface area contributed by atoms with Crippen LogP contribution in [0.5, 0.6) is 11.5 Å². The Bertz CT molecular complexity index is 1360. The van der Waals surface area contributed by atoms with Gasteiger partial charge in [-0.25, -0.2) is 10.0 Å². The summed E-state index contributed by atoms with van der Waals surface area (Å²) >= 11 is 1.42. The van der Waals surface area contributed by atoms with E-state index in [0.717, 1.165) is 21.7 Å². The van der Waals surface area contributed by atoms with E-state index in [2.05, 4.69) is 31.7 Å². The largest absolute Gasteiger partial charge is 0.504 e. The molecule has 0 aliphatic carbocycles. The number of phenolic OH excluding ortho intramolecular Hbond substituents is 1. The molecular formula is C23H22N6O3S. The predicted octanol–water partition coefficient (Wildman–Crippen LogP) is 3.85. The van der Waals surface area contributed by atoms with E-state index in [1.165, 1.54) is 35.8 Å². The highest BCUT2D eigenvalue weighted by molar-refractivity contribution is 7.15. The molecule has 3 N–H and O–H groups in total. The number of phenols is 1. The van der Waals surface area contributed by atoms with Gasteiger partial charge >= 0.3 is 0 Å². The molecule has 4 aromatic rings. The molecule has 3 heterocycles. The SMILES string of the molecule is COc1cc(C2C/C(=N/c3nnc(Cc4c[nH]c5ccccc45)s3)NN2C(C)=O)ccc1O. The minimum atomic E-state index is -0.283. The van der Waals surface area contributed by atoms with E-state index < -0.39 is 0 Å². The van der Waals surface area contributed by atoms with Crippen molar-refractivity contribution in [2.45, 2.75) is 25.8 Å². The molecule has 0 radical (unpaired) electrons. The van der Waals surface area contributed by atoms with Crippen LogP contribution in [-0.2, 0) is 11.2 Å². The minimum absolute atomic E-state index is 0.0482. The van der Waals surface area contributed by atoms with Gasteiger partial charge in [-0.05, 0) is 29.3 Å². The molecule has 2 aromatic carbocycles. The number of nitrogens with zero attached hydrogens (tertiary/aromatic N) is 4. The molecule has 1 aliphatic heterocycles. The third kappa shape index (κ3) is 4.12. The second-order valence-corrected chi connectivity index (χ2v) is 8.77. The quantitative estimate of drug-likeness (QED) is 0.415. The van der Waals surface area contributed by atoms with Crippen molar-refractivity contribution in [2.24, 2.45) is 4.99 Å². The summed E-state index contributed by atoms with van der Waals surface area (Å²) in [5.41, 5.74) is 6.16. The first-order valence-corrected chi connectivity index (χ1v) is 11.2. The van der Waals surface area contributed by atoms with Crippen LogP contribution in [0.1, 0.15) is 35.5 Å². The van der Waals surface area contributed by atoms with Crippen molar-refractivity contribution in [1.29, 1.82) is 0 Å². The van der Waals surface area contributed by atoms with Gasteiger partial charge in [-0.3, -0.25) is 10.2 Å². The van der Waals surface area contributed by atoms with Crippen molar-refractivity contribution >= 4 is 39.1 Å². The maximum absolute atomic E-state index is 12.2. The topological polar surface area (TPSA) is 116 Å². The number of methoxy groups -OCH3 is 1. The normalized spacial score (nSPS) is 17.0. The first-order valence-electron chi connectivity index (χ1n) is 10.4. The summed E-state index contributed by atoms with van der Waals surface area (Å²) in [6.45, 7) is 1.49. The average Bonchev–Trinajstić information content (AvgIpc) is 3.54. The molecule has 5 rings (SSSR count). The van der Waals surface area contributed by atoms with Crippen LogP contribution in [0.25, 0.3) is 10.9 Å². The summed E-state index contributed by atoms with van der Waals surface area (Å²) in [4.78, 5) is 20.1. The Morgan fingerprint density at radius 2 is 2.15 bits per heavy atom. The summed E-state index contributed by atoms with van der Waals surface area (Å²) in [6, 6.07) is 12.9. The molecule has 1 atom stereocenters. The number of aliphatic imine (C=N–C) groups is 1. The molecule has 0 bridgehead atoms. The summed E-state index contributed by atoms with van der Waals surface area (Å²) < 4.78 is 5.21. The lowest BCUT2D eigenvalue weighted by molar-refractivity contribution is -0.132. The van der Waals surface area contributed by atoms with Gasteiger partial charge in [-0.1, -0.05) is 35.6 Å². The highest BCUT2D eigenvalue weighted by Crippen LogP contribution is 2.35. The van der Waals surface area contributed by atoms with E-state index >= 15 is 0 Å². The molecule has 1 aliphatic rings. The number of nitrogens with one attached hydrogen (secondary N) is 2. The van der Waals surface area contributed by atoms with E-state index in [4.69, 9.17) is 4.74 Å². The summed E-state index contributed by atoms with van der Waals surface area (Å²) in [5.74, 6) is 0.881. The molecule has 0 saturated carbocycles. The summed E-state index contributed by atoms with van der Waals surface area (Å²) in [7, 11) is 1.49. The van der Waals surface area contributed by atoms with Crippen molar-refractivity contribution in [3.8, 4) is 11.5 Å². The Balaban J connectivity index is 1.36. The molecule has 1 amide bonds. The smallest absolute Gasteiger partial charge is 0.238 e. The standard InChI is InChI=1S/C23H22N6O3S/c1-13(30)29-18(14-7-8-19(31)20(9-14)32-2)11-21(28-29)25-23-27-26-22(33-23)10-15-12-24-17-6-4-3-5-16(15)17/h3-9,12,18,24,31H,10-11H2,1-2H3,(H,25,27,28). The van der Waals surface area contributed by atoms with Gasteiger partial charge in [0.25, 0.3) is 0 Å². The van der Waals surface area contributed by atoms with Gasteiger partial charge in [-0.15, -0.1) is 10.2 Å². The number of hydrogen-bond donors (Lipinski definition) is 3. The van der Waals surface area contributed by atoms with Crippen LogP contribution in [0, 0.1) is 0 Å². The third-order valence-electron chi connectivity index (χ3n) is 5.58. The lowest BCUT2D eigenvalue weighted by atomic mass is 10.0. The molecule has 2 aromatic heterocycles. The number of carbonyl (C=O) groups excluding carboxylic acids is 1. The molecular weight excluding hydrogens is 440 g/mol. The van der Waals surface area contributed by atoms with Crippen LogP contribution in [0.4, 0.5) is 5.13 Å². The summed E-state index contributed by atoms with van der Waals surface area (Å²) in [5, 5.41) is 22.5. The van der Waals surface area contributed by atoms with E-state index in [1.807, 2.05) is 24.4 Å². The van der Waals surface area contributed by atoms with E-state index in [-0.39, 0.29) is 17.7 Å². The fourth-order valence-corrected chi connectivity index (χ4v) is 4.75. The molecule has 0 spiro atoms. The number of ether oxygens (including phenoxy) is 1. The summed E-state index contributed by atoms with van der Waals surface area (Å²) in [6.07, 6.45) is 3.14. The van der Waals surface area contributed by atoms with Crippen LogP contribution in [0.2, 0.25) is 0 Å². The second kappa shape index (κ2) is 8.55. The number of fused-ring (bicyclic) bond motifs is 1. The van der Waals surface area contributed by atoms with Gasteiger partial charge in [-0.2, -0.15) is 0 Å². The number of carbonyl (C=O) groups is 1. The Morgan fingerprint density at radius 3 is 2.97 bits per heavy atom. The predicted molar refractivity (Wildman–Crippen MR) is 126 cm³/mol. The highest BCUT2D eigenvalue weighted by atomic mass is 32.1.